The average molecular weight is 380 g/mol. The van der Waals surface area contributed by atoms with Crippen molar-refractivity contribution in [2.45, 2.75) is 19.1 Å². The summed E-state index contributed by atoms with van der Waals surface area (Å²) >= 11 is 5.66. The van der Waals surface area contributed by atoms with E-state index in [0.29, 0.717) is 11.5 Å². The third kappa shape index (κ3) is 4.05. The normalized spacial score (nSPS) is 16.5. The zero-order valence-corrected chi connectivity index (χ0v) is 14.5. The third-order valence-corrected chi connectivity index (χ3v) is 3.91. The van der Waals surface area contributed by atoms with Crippen LogP contribution in [0.25, 0.3) is 0 Å². The highest BCUT2D eigenvalue weighted by Crippen LogP contribution is 2.31. The van der Waals surface area contributed by atoms with E-state index in [2.05, 4.69) is 5.32 Å². The minimum absolute atomic E-state index is 0.0161. The van der Waals surface area contributed by atoms with Crippen LogP contribution in [0.15, 0.2) is 42.5 Å². The lowest BCUT2D eigenvalue weighted by atomic mass is 10.2. The number of nitrogens with one attached hydrogen (secondary N) is 1. The van der Waals surface area contributed by atoms with Crippen molar-refractivity contribution in [2.75, 3.05) is 11.9 Å². The molecule has 3 rings (SSSR count). The Labute approximate surface area is 153 Å². The molecule has 2 aromatic carbocycles. The van der Waals surface area contributed by atoms with E-state index in [9.17, 15) is 14.0 Å². The molecule has 0 aliphatic carbocycles. The number of amides is 1. The Morgan fingerprint density at radius 3 is 2.73 bits per heavy atom. The molecule has 2 atom stereocenters. The van der Waals surface area contributed by atoms with E-state index < -0.39 is 29.9 Å². The lowest BCUT2D eigenvalue weighted by Crippen LogP contribution is -2.41. The minimum Gasteiger partial charge on any atom is -0.485 e. The number of benzene rings is 2. The van der Waals surface area contributed by atoms with Gasteiger partial charge in [0.25, 0.3) is 5.91 Å². The van der Waals surface area contributed by atoms with Crippen LogP contribution in [0, 0.1) is 5.82 Å². The van der Waals surface area contributed by atoms with Gasteiger partial charge in [-0.1, -0.05) is 23.7 Å². The molecule has 1 N–H and O–H groups in total. The number of halogens is 2. The van der Waals surface area contributed by atoms with E-state index in [0.717, 1.165) is 6.07 Å². The van der Waals surface area contributed by atoms with Crippen LogP contribution >= 0.6 is 11.6 Å². The van der Waals surface area contributed by atoms with Crippen molar-refractivity contribution in [1.29, 1.82) is 0 Å². The molecule has 136 valence electrons. The van der Waals surface area contributed by atoms with E-state index in [1.807, 2.05) is 0 Å². The van der Waals surface area contributed by atoms with E-state index in [-0.39, 0.29) is 17.3 Å². The number of ether oxygens (including phenoxy) is 3. The zero-order valence-electron chi connectivity index (χ0n) is 13.7. The number of esters is 1. The number of rotatable bonds is 4. The zero-order chi connectivity index (χ0) is 18.7. The van der Waals surface area contributed by atoms with Gasteiger partial charge in [0, 0.05) is 5.69 Å². The summed E-state index contributed by atoms with van der Waals surface area (Å²) in [6, 6.07) is 10.7. The van der Waals surface area contributed by atoms with Gasteiger partial charge in [-0.15, -0.1) is 0 Å². The highest BCUT2D eigenvalue weighted by atomic mass is 35.5. The summed E-state index contributed by atoms with van der Waals surface area (Å²) < 4.78 is 29.2. The molecule has 0 unspecified atom stereocenters. The number of anilines is 1. The number of hydrogen-bond donors (Lipinski definition) is 1. The van der Waals surface area contributed by atoms with Crippen LogP contribution in [-0.4, -0.2) is 30.7 Å². The van der Waals surface area contributed by atoms with E-state index in [4.69, 9.17) is 25.8 Å². The predicted molar refractivity (Wildman–Crippen MR) is 91.9 cm³/mol. The number of carbonyl (C=O) groups is 2. The van der Waals surface area contributed by atoms with Gasteiger partial charge in [0.1, 0.15) is 12.4 Å². The summed E-state index contributed by atoms with van der Waals surface area (Å²) in [4.78, 5) is 24.3. The highest BCUT2D eigenvalue weighted by Gasteiger charge is 2.31. The summed E-state index contributed by atoms with van der Waals surface area (Å²) in [5, 5.41) is 2.37. The first-order valence-corrected chi connectivity index (χ1v) is 8.16. The fraction of sp³-hybridized carbons (Fsp3) is 0.222. The van der Waals surface area contributed by atoms with Crippen LogP contribution in [0.2, 0.25) is 5.02 Å². The molecule has 1 heterocycles. The van der Waals surface area contributed by atoms with Crippen LogP contribution in [0.4, 0.5) is 10.1 Å². The van der Waals surface area contributed by atoms with Crippen LogP contribution < -0.4 is 14.8 Å². The molecule has 2 aromatic rings. The van der Waals surface area contributed by atoms with Crippen LogP contribution in [0.5, 0.6) is 11.5 Å². The predicted octanol–water partition coefficient (Wildman–Crippen LogP) is 3.19. The SMILES string of the molecule is C[C@H](OC(=O)[C@@H]1COc2ccccc2O1)C(=O)Nc1ccc(F)c(Cl)c1. The largest absolute Gasteiger partial charge is 0.485 e. The van der Waals surface area contributed by atoms with Crippen LogP contribution in [0.3, 0.4) is 0 Å². The Kier molecular flexibility index (Phi) is 5.27. The monoisotopic (exact) mass is 379 g/mol. The van der Waals surface area contributed by atoms with Crippen molar-refractivity contribution in [2.24, 2.45) is 0 Å². The molecule has 1 aliphatic heterocycles. The molecule has 0 bridgehead atoms. The summed E-state index contributed by atoms with van der Waals surface area (Å²) in [6.07, 6.45) is -2.06. The molecule has 1 aliphatic rings. The lowest BCUT2D eigenvalue weighted by Gasteiger charge is -2.25. The lowest BCUT2D eigenvalue weighted by molar-refractivity contribution is -0.162. The van der Waals surface area contributed by atoms with Gasteiger partial charge in [0.15, 0.2) is 17.6 Å². The molecular formula is C18H15ClFNO5. The summed E-state index contributed by atoms with van der Waals surface area (Å²) in [5.74, 6) is -0.939. The highest BCUT2D eigenvalue weighted by molar-refractivity contribution is 6.31. The number of hydrogen-bond acceptors (Lipinski definition) is 5. The number of carbonyl (C=O) groups excluding carboxylic acids is 2. The molecule has 0 spiro atoms. The standard InChI is InChI=1S/C18H15ClFNO5/c1-10(17(22)21-11-6-7-13(20)12(19)8-11)25-18(23)16-9-24-14-4-2-3-5-15(14)26-16/h2-8,10,16H,9H2,1H3,(H,21,22)/t10-,16-/m0/s1. The molecule has 0 fully saturated rings. The molecular weight excluding hydrogens is 365 g/mol. The van der Waals surface area contributed by atoms with Gasteiger partial charge in [0.05, 0.1) is 5.02 Å². The fourth-order valence-corrected chi connectivity index (χ4v) is 2.44. The van der Waals surface area contributed by atoms with Crippen molar-refractivity contribution < 1.29 is 28.2 Å². The molecule has 1 amide bonds. The second-order valence-corrected chi connectivity index (χ2v) is 5.97. The van der Waals surface area contributed by atoms with Crippen molar-refractivity contribution in [3.8, 4) is 11.5 Å². The van der Waals surface area contributed by atoms with Gasteiger partial charge in [0.2, 0.25) is 6.10 Å². The van der Waals surface area contributed by atoms with Crippen molar-refractivity contribution >= 4 is 29.2 Å². The summed E-state index contributed by atoms with van der Waals surface area (Å²) in [7, 11) is 0. The Morgan fingerprint density at radius 1 is 1.27 bits per heavy atom. The minimum atomic E-state index is -1.09. The summed E-state index contributed by atoms with van der Waals surface area (Å²) in [5.41, 5.74) is 0.287. The summed E-state index contributed by atoms with van der Waals surface area (Å²) in [6.45, 7) is 1.40. The van der Waals surface area contributed by atoms with Gasteiger partial charge in [-0.2, -0.15) is 0 Å². The average Bonchev–Trinajstić information content (AvgIpc) is 2.64. The van der Waals surface area contributed by atoms with E-state index >= 15 is 0 Å². The van der Waals surface area contributed by atoms with Gasteiger partial charge in [-0.3, -0.25) is 4.79 Å². The molecule has 26 heavy (non-hydrogen) atoms. The Hall–Kier alpha value is -2.80. The van der Waals surface area contributed by atoms with Crippen LogP contribution in [0.1, 0.15) is 6.92 Å². The van der Waals surface area contributed by atoms with Crippen LogP contribution in [-0.2, 0) is 14.3 Å². The Balaban J connectivity index is 1.57. The van der Waals surface area contributed by atoms with Crippen molar-refractivity contribution in [3.63, 3.8) is 0 Å². The molecule has 0 radical (unpaired) electrons. The maximum absolute atomic E-state index is 13.1. The van der Waals surface area contributed by atoms with E-state index in [1.165, 1.54) is 19.1 Å². The van der Waals surface area contributed by atoms with Gasteiger partial charge >= 0.3 is 5.97 Å². The quantitative estimate of drug-likeness (QED) is 0.826. The first kappa shape index (κ1) is 18.0. The molecule has 0 saturated carbocycles. The van der Waals surface area contributed by atoms with Gasteiger partial charge in [-0.05, 0) is 37.3 Å². The smallest absolute Gasteiger partial charge is 0.351 e. The van der Waals surface area contributed by atoms with Crippen molar-refractivity contribution in [3.05, 3.63) is 53.3 Å². The first-order valence-electron chi connectivity index (χ1n) is 7.79. The Morgan fingerprint density at radius 2 is 2.00 bits per heavy atom. The number of para-hydroxylation sites is 2. The first-order chi connectivity index (χ1) is 12.4. The van der Waals surface area contributed by atoms with Gasteiger partial charge < -0.3 is 19.5 Å². The second-order valence-electron chi connectivity index (χ2n) is 5.56. The third-order valence-electron chi connectivity index (χ3n) is 3.62. The van der Waals surface area contributed by atoms with Crippen molar-refractivity contribution in [1.82, 2.24) is 0 Å². The topological polar surface area (TPSA) is 73.9 Å². The maximum Gasteiger partial charge on any atom is 0.351 e. The molecule has 8 heteroatoms. The van der Waals surface area contributed by atoms with Gasteiger partial charge in [-0.25, -0.2) is 9.18 Å². The second kappa shape index (κ2) is 7.61. The maximum atomic E-state index is 13.1. The number of fused-ring (bicyclic) bond motifs is 1. The fourth-order valence-electron chi connectivity index (χ4n) is 2.26. The molecule has 0 aromatic heterocycles. The Bertz CT molecular complexity index is 844. The molecule has 0 saturated heterocycles. The molecule has 6 nitrogen and oxygen atoms in total. The van der Waals surface area contributed by atoms with E-state index in [1.54, 1.807) is 24.3 Å².